The van der Waals surface area contributed by atoms with Crippen LogP contribution in [0.1, 0.15) is 18.5 Å². The van der Waals surface area contributed by atoms with Gasteiger partial charge < -0.3 is 20.7 Å². The van der Waals surface area contributed by atoms with Gasteiger partial charge in [-0.3, -0.25) is 0 Å². The number of nitrogen functional groups attached to an aromatic ring is 1. The lowest BCUT2D eigenvalue weighted by Crippen LogP contribution is -2.46. The van der Waals surface area contributed by atoms with Gasteiger partial charge in [0.15, 0.2) is 5.13 Å². The van der Waals surface area contributed by atoms with Gasteiger partial charge in [0.1, 0.15) is 11.6 Å². The van der Waals surface area contributed by atoms with Crippen LogP contribution in [-0.2, 0) is 6.54 Å². The zero-order valence-corrected chi connectivity index (χ0v) is 14.6. The average Bonchev–Trinajstić information content (AvgIpc) is 3.03. The minimum absolute atomic E-state index is 0.109. The molecular weight excluding hydrogens is 343 g/mol. The molecule has 6 nitrogen and oxygen atoms in total. The molecule has 0 saturated carbocycles. The van der Waals surface area contributed by atoms with Crippen LogP contribution in [0.3, 0.4) is 0 Å². The number of nitrogens with two attached hydrogens (primary N) is 1. The number of anilines is 1. The van der Waals surface area contributed by atoms with Crippen molar-refractivity contribution in [3.8, 4) is 5.75 Å². The highest BCUT2D eigenvalue weighted by molar-refractivity contribution is 7.13. The van der Waals surface area contributed by atoms with E-state index in [4.69, 9.17) is 10.5 Å². The van der Waals surface area contributed by atoms with Gasteiger partial charge in [0.2, 0.25) is 0 Å². The van der Waals surface area contributed by atoms with E-state index in [-0.39, 0.29) is 17.8 Å². The second-order valence-corrected chi connectivity index (χ2v) is 6.95. The lowest BCUT2D eigenvalue weighted by atomic mass is 9.99. The first kappa shape index (κ1) is 17.5. The van der Waals surface area contributed by atoms with Crippen molar-refractivity contribution in [1.29, 1.82) is 0 Å². The highest BCUT2D eigenvalue weighted by Gasteiger charge is 2.24. The number of urea groups is 1. The Kier molecular flexibility index (Phi) is 5.70. The van der Waals surface area contributed by atoms with Gasteiger partial charge in [0.25, 0.3) is 0 Å². The fraction of sp³-hybridized carbons (Fsp3) is 0.412. The van der Waals surface area contributed by atoms with E-state index in [1.165, 1.54) is 23.5 Å². The van der Waals surface area contributed by atoms with Crippen molar-refractivity contribution in [2.45, 2.75) is 19.4 Å². The third kappa shape index (κ3) is 5.06. The van der Waals surface area contributed by atoms with E-state index in [1.807, 2.05) is 5.38 Å². The highest BCUT2D eigenvalue weighted by atomic mass is 32.1. The topological polar surface area (TPSA) is 80.5 Å². The zero-order valence-electron chi connectivity index (χ0n) is 13.8. The fourth-order valence-corrected chi connectivity index (χ4v) is 3.40. The molecule has 1 aliphatic heterocycles. The second kappa shape index (κ2) is 8.15. The normalized spacial score (nSPS) is 17.3. The second-order valence-electron chi connectivity index (χ2n) is 6.06. The number of nitrogens with one attached hydrogen (secondary N) is 1. The van der Waals surface area contributed by atoms with E-state index in [1.54, 1.807) is 17.0 Å². The first-order valence-corrected chi connectivity index (χ1v) is 9.09. The number of halogens is 1. The number of rotatable bonds is 5. The van der Waals surface area contributed by atoms with Gasteiger partial charge in [0, 0.05) is 30.5 Å². The van der Waals surface area contributed by atoms with E-state index < -0.39 is 0 Å². The molecule has 1 aromatic heterocycles. The number of hydrogen-bond acceptors (Lipinski definition) is 5. The Morgan fingerprint density at radius 1 is 1.52 bits per heavy atom. The Hall–Kier alpha value is -2.35. The van der Waals surface area contributed by atoms with Crippen LogP contribution < -0.4 is 15.8 Å². The molecule has 2 heterocycles. The van der Waals surface area contributed by atoms with E-state index in [0.29, 0.717) is 30.6 Å². The van der Waals surface area contributed by atoms with Crippen LogP contribution in [0.15, 0.2) is 29.6 Å². The predicted octanol–water partition coefficient (Wildman–Crippen LogP) is 2.87. The van der Waals surface area contributed by atoms with E-state index >= 15 is 0 Å². The van der Waals surface area contributed by atoms with Gasteiger partial charge >= 0.3 is 6.03 Å². The number of piperidine rings is 1. The quantitative estimate of drug-likeness (QED) is 0.855. The van der Waals surface area contributed by atoms with E-state index in [0.717, 1.165) is 25.1 Å². The Morgan fingerprint density at radius 2 is 2.40 bits per heavy atom. The third-order valence-corrected chi connectivity index (χ3v) is 4.80. The van der Waals surface area contributed by atoms with Crippen LogP contribution in [0.25, 0.3) is 0 Å². The van der Waals surface area contributed by atoms with Crippen LogP contribution in [-0.4, -0.2) is 35.6 Å². The maximum absolute atomic E-state index is 13.2. The van der Waals surface area contributed by atoms with Gasteiger partial charge in [0.05, 0.1) is 18.8 Å². The summed E-state index contributed by atoms with van der Waals surface area (Å²) in [5.41, 5.74) is 6.35. The third-order valence-electron chi connectivity index (χ3n) is 4.08. The van der Waals surface area contributed by atoms with Gasteiger partial charge in [-0.25, -0.2) is 14.2 Å². The molecule has 134 valence electrons. The Balaban J connectivity index is 1.46. The van der Waals surface area contributed by atoms with E-state index in [2.05, 4.69) is 10.3 Å². The van der Waals surface area contributed by atoms with Crippen molar-refractivity contribution in [1.82, 2.24) is 15.2 Å². The number of hydrogen-bond donors (Lipinski definition) is 2. The summed E-state index contributed by atoms with van der Waals surface area (Å²) in [4.78, 5) is 18.2. The molecule has 0 radical (unpaired) electrons. The van der Waals surface area contributed by atoms with Crippen molar-refractivity contribution in [2.24, 2.45) is 5.92 Å². The average molecular weight is 364 g/mol. The predicted molar refractivity (Wildman–Crippen MR) is 95.0 cm³/mol. The maximum atomic E-state index is 13.2. The summed E-state index contributed by atoms with van der Waals surface area (Å²) < 4.78 is 18.8. The molecule has 8 heteroatoms. The van der Waals surface area contributed by atoms with Crippen molar-refractivity contribution in [2.75, 3.05) is 25.4 Å². The standard InChI is InChI=1S/C17H21FN4O2S/c18-13-4-1-5-15(7-13)24-10-12-3-2-6-22(9-12)17(23)20-8-14-11-25-16(19)21-14/h1,4-5,7,11-12H,2-3,6,8-10H2,(H2,19,21)(H,20,23)/t12-/m0/s1. The number of ether oxygens (including phenoxy) is 1. The van der Waals surface area contributed by atoms with Crippen LogP contribution in [0.4, 0.5) is 14.3 Å². The summed E-state index contributed by atoms with van der Waals surface area (Å²) in [5, 5.41) is 5.20. The molecule has 1 saturated heterocycles. The van der Waals surface area contributed by atoms with Gasteiger partial charge in [-0.2, -0.15) is 0 Å². The number of aromatic nitrogens is 1. The van der Waals surface area contributed by atoms with Crippen molar-refractivity contribution in [3.63, 3.8) is 0 Å². The molecule has 1 aliphatic rings. The number of likely N-dealkylation sites (tertiary alicyclic amines) is 1. The lowest BCUT2D eigenvalue weighted by molar-refractivity contribution is 0.137. The molecule has 25 heavy (non-hydrogen) atoms. The monoisotopic (exact) mass is 364 g/mol. The van der Waals surface area contributed by atoms with Crippen LogP contribution >= 0.6 is 11.3 Å². The molecule has 3 N–H and O–H groups in total. The van der Waals surface area contributed by atoms with Gasteiger partial charge in [-0.15, -0.1) is 11.3 Å². The number of amides is 2. The summed E-state index contributed by atoms with van der Waals surface area (Å²) >= 11 is 1.36. The molecule has 1 aromatic carbocycles. The molecule has 1 atom stereocenters. The highest BCUT2D eigenvalue weighted by Crippen LogP contribution is 2.19. The first-order chi connectivity index (χ1) is 12.1. The molecule has 3 rings (SSSR count). The van der Waals surface area contributed by atoms with Crippen LogP contribution in [0.2, 0.25) is 0 Å². The van der Waals surface area contributed by atoms with E-state index in [9.17, 15) is 9.18 Å². The SMILES string of the molecule is Nc1nc(CNC(=O)N2CCC[C@H](COc3cccc(F)c3)C2)cs1. The smallest absolute Gasteiger partial charge is 0.317 e. The Bertz CT molecular complexity index is 724. The van der Waals surface area contributed by atoms with Crippen molar-refractivity contribution >= 4 is 22.5 Å². The largest absolute Gasteiger partial charge is 0.493 e. The molecule has 2 aromatic rings. The number of benzene rings is 1. The lowest BCUT2D eigenvalue weighted by Gasteiger charge is -2.32. The number of carbonyl (C=O) groups excluding carboxylic acids is 1. The molecular formula is C17H21FN4O2S. The maximum Gasteiger partial charge on any atom is 0.317 e. The Morgan fingerprint density at radius 3 is 3.16 bits per heavy atom. The molecule has 0 unspecified atom stereocenters. The molecule has 2 amide bonds. The van der Waals surface area contributed by atoms with Crippen molar-refractivity contribution < 1.29 is 13.9 Å². The number of nitrogens with zero attached hydrogens (tertiary/aromatic N) is 2. The molecule has 0 aliphatic carbocycles. The number of carbonyl (C=O) groups is 1. The summed E-state index contributed by atoms with van der Waals surface area (Å²) in [6.45, 7) is 2.19. The fourth-order valence-electron chi connectivity index (χ4n) is 2.84. The molecule has 1 fully saturated rings. The zero-order chi connectivity index (χ0) is 17.6. The summed E-state index contributed by atoms with van der Waals surface area (Å²) in [5.74, 6) is 0.435. The van der Waals surface area contributed by atoms with Gasteiger partial charge in [-0.05, 0) is 25.0 Å². The van der Waals surface area contributed by atoms with Crippen LogP contribution in [0, 0.1) is 11.7 Å². The minimum Gasteiger partial charge on any atom is -0.493 e. The van der Waals surface area contributed by atoms with Gasteiger partial charge in [-0.1, -0.05) is 6.07 Å². The summed E-state index contributed by atoms with van der Waals surface area (Å²) in [7, 11) is 0. The summed E-state index contributed by atoms with van der Waals surface area (Å²) in [6, 6.07) is 6.00. The number of thiazole rings is 1. The van der Waals surface area contributed by atoms with Crippen molar-refractivity contribution in [3.05, 3.63) is 41.2 Å². The minimum atomic E-state index is -0.315. The Labute approximate surface area is 149 Å². The summed E-state index contributed by atoms with van der Waals surface area (Å²) in [6.07, 6.45) is 1.91. The van der Waals surface area contributed by atoms with Crippen LogP contribution in [0.5, 0.6) is 5.75 Å². The molecule has 0 bridgehead atoms. The molecule has 0 spiro atoms. The first-order valence-electron chi connectivity index (χ1n) is 8.21.